The van der Waals surface area contributed by atoms with Gasteiger partial charge >= 0.3 is 0 Å². The average Bonchev–Trinajstić information content (AvgIpc) is 2.94. The van der Waals surface area contributed by atoms with Crippen LogP contribution in [0.3, 0.4) is 0 Å². The highest BCUT2D eigenvalue weighted by Gasteiger charge is 2.38. The molecule has 7 heteroatoms. The minimum atomic E-state index is -1.02. The number of carbonyl (C=O) groups excluding carboxylic acids is 1. The molecular weight excluding hydrogens is 403 g/mol. The van der Waals surface area contributed by atoms with Crippen molar-refractivity contribution in [2.45, 2.75) is 59.0 Å². The number of hydrogen-bond acceptors (Lipinski definition) is 5. The smallest absolute Gasteiger partial charge is 0.227 e. The zero-order chi connectivity index (χ0) is 21.9. The van der Waals surface area contributed by atoms with E-state index in [0.29, 0.717) is 44.0 Å². The average molecular weight is 435 g/mol. The molecule has 30 heavy (non-hydrogen) atoms. The van der Waals surface area contributed by atoms with E-state index >= 15 is 0 Å². The molecule has 1 aliphatic heterocycles. The summed E-state index contributed by atoms with van der Waals surface area (Å²) in [4.78, 5) is 20.2. The Morgan fingerprint density at radius 2 is 2.03 bits per heavy atom. The number of rotatable bonds is 5. The van der Waals surface area contributed by atoms with Crippen molar-refractivity contribution in [1.82, 2.24) is 9.88 Å². The van der Waals surface area contributed by atoms with Crippen molar-refractivity contribution in [2.75, 3.05) is 19.7 Å². The third kappa shape index (κ3) is 5.19. The van der Waals surface area contributed by atoms with Crippen LogP contribution in [0.25, 0.3) is 0 Å². The molecular formula is C23H31FN2O3S. The number of benzene rings is 1. The third-order valence-corrected chi connectivity index (χ3v) is 6.87. The largest absolute Gasteiger partial charge is 0.490 e. The van der Waals surface area contributed by atoms with Crippen LogP contribution < -0.4 is 4.74 Å². The first-order chi connectivity index (χ1) is 14.1. The Hall–Kier alpha value is -1.99. The Labute approximate surface area is 181 Å². The van der Waals surface area contributed by atoms with Gasteiger partial charge in [0.2, 0.25) is 5.91 Å². The van der Waals surface area contributed by atoms with E-state index in [1.807, 2.05) is 32.6 Å². The summed E-state index contributed by atoms with van der Waals surface area (Å²) in [5.74, 6) is -0.0136. The molecule has 1 fully saturated rings. The van der Waals surface area contributed by atoms with E-state index in [4.69, 9.17) is 4.74 Å². The maximum atomic E-state index is 13.7. The van der Waals surface area contributed by atoms with Gasteiger partial charge < -0.3 is 14.7 Å². The fourth-order valence-electron chi connectivity index (χ4n) is 3.68. The van der Waals surface area contributed by atoms with Gasteiger partial charge in [-0.15, -0.1) is 11.3 Å². The van der Waals surface area contributed by atoms with E-state index in [2.05, 4.69) is 4.98 Å². The number of aliphatic hydroxyl groups is 1. The zero-order valence-electron chi connectivity index (χ0n) is 18.2. The van der Waals surface area contributed by atoms with Crippen LogP contribution in [0.5, 0.6) is 5.75 Å². The molecule has 0 spiro atoms. The van der Waals surface area contributed by atoms with E-state index in [0.717, 1.165) is 17.0 Å². The lowest BCUT2D eigenvalue weighted by molar-refractivity contribution is -0.139. The molecule has 1 atom stereocenters. The third-order valence-electron chi connectivity index (χ3n) is 5.46. The van der Waals surface area contributed by atoms with E-state index in [-0.39, 0.29) is 17.5 Å². The zero-order valence-corrected chi connectivity index (χ0v) is 19.0. The predicted octanol–water partition coefficient (Wildman–Crippen LogP) is 4.46. The van der Waals surface area contributed by atoms with Gasteiger partial charge in [-0.2, -0.15) is 0 Å². The molecule has 1 aromatic carbocycles. The van der Waals surface area contributed by atoms with Crippen LogP contribution in [0.15, 0.2) is 24.3 Å². The van der Waals surface area contributed by atoms with Crippen molar-refractivity contribution in [2.24, 2.45) is 5.41 Å². The van der Waals surface area contributed by atoms with Crippen LogP contribution in [0.4, 0.5) is 4.39 Å². The van der Waals surface area contributed by atoms with Crippen LogP contribution in [-0.4, -0.2) is 40.6 Å². The molecule has 5 nitrogen and oxygen atoms in total. The Morgan fingerprint density at radius 1 is 1.30 bits per heavy atom. The minimum Gasteiger partial charge on any atom is -0.490 e. The molecule has 2 heterocycles. The van der Waals surface area contributed by atoms with Gasteiger partial charge in [0, 0.05) is 36.2 Å². The van der Waals surface area contributed by atoms with Crippen molar-refractivity contribution in [3.05, 3.63) is 45.7 Å². The lowest BCUT2D eigenvalue weighted by Crippen LogP contribution is -2.40. The van der Waals surface area contributed by atoms with Gasteiger partial charge in [0.25, 0.3) is 0 Å². The number of likely N-dealkylation sites (tertiary alicyclic amines) is 1. The number of ether oxygens (including phenoxy) is 1. The number of aromatic nitrogens is 1. The monoisotopic (exact) mass is 434 g/mol. The second-order valence-corrected chi connectivity index (χ2v) is 10.1. The van der Waals surface area contributed by atoms with E-state index in [1.165, 1.54) is 17.4 Å². The van der Waals surface area contributed by atoms with Crippen LogP contribution in [0, 0.1) is 18.2 Å². The molecule has 1 amide bonds. The van der Waals surface area contributed by atoms with Crippen LogP contribution >= 0.6 is 11.3 Å². The molecule has 0 unspecified atom stereocenters. The number of para-hydroxylation sites is 1. The second kappa shape index (κ2) is 9.02. The van der Waals surface area contributed by atoms with Gasteiger partial charge in [-0.05, 0) is 31.9 Å². The summed E-state index contributed by atoms with van der Waals surface area (Å²) in [5, 5.41) is 12.0. The molecule has 3 rings (SSSR count). The van der Waals surface area contributed by atoms with Crippen molar-refractivity contribution in [1.29, 1.82) is 0 Å². The first kappa shape index (κ1) is 22.7. The van der Waals surface area contributed by atoms with E-state index < -0.39 is 11.0 Å². The summed E-state index contributed by atoms with van der Waals surface area (Å²) in [5.41, 5.74) is -0.578. The Bertz CT molecular complexity index is 893. The molecule has 0 bridgehead atoms. The summed E-state index contributed by atoms with van der Waals surface area (Å²) >= 11 is 1.49. The summed E-state index contributed by atoms with van der Waals surface area (Å²) in [6, 6.07) is 6.36. The summed E-state index contributed by atoms with van der Waals surface area (Å²) < 4.78 is 19.3. The Kier molecular flexibility index (Phi) is 6.82. The number of amides is 1. The SMILES string of the molecule is Cc1nc([C@]2(O)CCCN(C(=O)C(C)(C)C)CC2)sc1CCOc1ccccc1F. The number of halogens is 1. The lowest BCUT2D eigenvalue weighted by Gasteiger charge is -2.29. The molecule has 0 radical (unpaired) electrons. The molecule has 164 valence electrons. The van der Waals surface area contributed by atoms with Gasteiger partial charge in [0.05, 0.1) is 12.3 Å². The molecule has 0 saturated carbocycles. The van der Waals surface area contributed by atoms with Gasteiger partial charge in [-0.1, -0.05) is 32.9 Å². The first-order valence-electron chi connectivity index (χ1n) is 10.5. The summed E-state index contributed by atoms with van der Waals surface area (Å²) in [6.07, 6.45) is 2.40. The number of thiazole rings is 1. The summed E-state index contributed by atoms with van der Waals surface area (Å²) in [7, 11) is 0. The maximum Gasteiger partial charge on any atom is 0.227 e. The lowest BCUT2D eigenvalue weighted by atomic mass is 9.94. The van der Waals surface area contributed by atoms with Crippen molar-refractivity contribution in [3.63, 3.8) is 0 Å². The predicted molar refractivity (Wildman–Crippen MR) is 116 cm³/mol. The van der Waals surface area contributed by atoms with Gasteiger partial charge in [-0.25, -0.2) is 9.37 Å². The Balaban J connectivity index is 1.65. The molecule has 1 aromatic heterocycles. The molecule has 0 aliphatic carbocycles. The maximum absolute atomic E-state index is 13.7. The quantitative estimate of drug-likeness (QED) is 0.755. The highest BCUT2D eigenvalue weighted by Crippen LogP contribution is 2.37. The van der Waals surface area contributed by atoms with E-state index in [1.54, 1.807) is 18.2 Å². The van der Waals surface area contributed by atoms with Crippen molar-refractivity contribution in [3.8, 4) is 5.75 Å². The van der Waals surface area contributed by atoms with Crippen molar-refractivity contribution < 1.29 is 19.0 Å². The van der Waals surface area contributed by atoms with E-state index in [9.17, 15) is 14.3 Å². The fourth-order valence-corrected chi connectivity index (χ4v) is 4.87. The standard InChI is InChI=1S/C23H31FN2O3S/c1-16-19(10-15-29-18-9-6-5-8-17(18)24)30-20(25-16)23(28)11-7-13-26(14-12-23)21(27)22(2,3)4/h5-6,8-9,28H,7,10-15H2,1-4H3/t23-/m0/s1. The molecule has 1 saturated heterocycles. The van der Waals surface area contributed by atoms with Crippen LogP contribution in [0.1, 0.15) is 55.6 Å². The van der Waals surface area contributed by atoms with Crippen LogP contribution in [-0.2, 0) is 16.8 Å². The number of carbonyl (C=O) groups is 1. The second-order valence-electron chi connectivity index (χ2n) is 8.98. The Morgan fingerprint density at radius 3 is 2.73 bits per heavy atom. The highest BCUT2D eigenvalue weighted by atomic mass is 32.1. The van der Waals surface area contributed by atoms with Crippen molar-refractivity contribution >= 4 is 17.2 Å². The van der Waals surface area contributed by atoms with Gasteiger partial charge in [0.1, 0.15) is 10.6 Å². The number of hydrogen-bond donors (Lipinski definition) is 1. The first-order valence-corrected chi connectivity index (χ1v) is 11.3. The van der Waals surface area contributed by atoms with Gasteiger partial charge in [-0.3, -0.25) is 4.79 Å². The van der Waals surface area contributed by atoms with Crippen LogP contribution in [0.2, 0.25) is 0 Å². The summed E-state index contributed by atoms with van der Waals surface area (Å²) in [6.45, 7) is 9.22. The molecule has 2 aromatic rings. The number of nitrogens with zero attached hydrogens (tertiary/aromatic N) is 2. The normalized spacial score (nSPS) is 20.1. The highest BCUT2D eigenvalue weighted by molar-refractivity contribution is 7.11. The minimum absolute atomic E-state index is 0.119. The molecule has 1 aliphatic rings. The fraction of sp³-hybridized carbons (Fsp3) is 0.565. The van der Waals surface area contributed by atoms with Gasteiger partial charge in [0.15, 0.2) is 11.6 Å². The molecule has 1 N–H and O–H groups in total. The topological polar surface area (TPSA) is 62.7 Å². The number of aryl methyl sites for hydroxylation is 1.